The van der Waals surface area contributed by atoms with Crippen molar-refractivity contribution in [2.45, 2.75) is 20.3 Å². The zero-order chi connectivity index (χ0) is 19.6. The Morgan fingerprint density at radius 2 is 1.96 bits per heavy atom. The lowest BCUT2D eigenvalue weighted by molar-refractivity contribution is -0.126. The number of anilines is 1. The van der Waals surface area contributed by atoms with Crippen LogP contribution in [0.3, 0.4) is 0 Å². The molecule has 0 aliphatic rings. The van der Waals surface area contributed by atoms with E-state index in [1.165, 1.54) is 6.21 Å². The Bertz CT molecular complexity index is 898. The number of aryl methyl sites for hydroxylation is 2. The lowest BCUT2D eigenvalue weighted by Crippen LogP contribution is -2.24. The van der Waals surface area contributed by atoms with Gasteiger partial charge in [-0.1, -0.05) is 35.7 Å². The normalized spacial score (nSPS) is 10.3. The summed E-state index contributed by atoms with van der Waals surface area (Å²) in [5.74, 6) is 2.01. The minimum atomic E-state index is -0.518. The summed E-state index contributed by atoms with van der Waals surface area (Å²) in [6.45, 7) is 4.00. The van der Waals surface area contributed by atoms with Crippen LogP contribution in [0.2, 0.25) is 0 Å². The van der Waals surface area contributed by atoms with Gasteiger partial charge in [-0.25, -0.2) is 5.43 Å². The van der Waals surface area contributed by atoms with Gasteiger partial charge in [-0.05, 0) is 37.6 Å². The molecule has 6 heteroatoms. The van der Waals surface area contributed by atoms with E-state index in [0.29, 0.717) is 17.0 Å². The third-order valence-corrected chi connectivity index (χ3v) is 3.60. The van der Waals surface area contributed by atoms with E-state index in [4.69, 9.17) is 11.2 Å². The van der Waals surface area contributed by atoms with Crippen LogP contribution in [0.25, 0.3) is 0 Å². The predicted octanol–water partition coefficient (Wildman–Crippen LogP) is 2.79. The van der Waals surface area contributed by atoms with Crippen molar-refractivity contribution in [1.82, 2.24) is 5.43 Å². The van der Waals surface area contributed by atoms with Crippen molar-refractivity contribution in [2.75, 3.05) is 11.9 Å². The van der Waals surface area contributed by atoms with Crippen LogP contribution in [0.15, 0.2) is 47.6 Å². The van der Waals surface area contributed by atoms with Gasteiger partial charge in [0.1, 0.15) is 18.8 Å². The second-order valence-electron chi connectivity index (χ2n) is 5.87. The zero-order valence-electron chi connectivity index (χ0n) is 15.3. The molecule has 138 valence electrons. The molecule has 2 rings (SSSR count). The number of nitrogens with one attached hydrogen (secondary N) is 2. The molecule has 0 saturated carbocycles. The molecule has 2 aromatic carbocycles. The monoisotopic (exact) mass is 363 g/mol. The number of ether oxygens (including phenoxy) is 1. The fraction of sp³-hybridized carbons (Fsp3) is 0.190. The molecule has 0 aromatic heterocycles. The zero-order valence-corrected chi connectivity index (χ0v) is 15.3. The molecular weight excluding hydrogens is 342 g/mol. The number of hydrogen-bond donors (Lipinski definition) is 2. The summed E-state index contributed by atoms with van der Waals surface area (Å²) in [7, 11) is 0. The fourth-order valence-electron chi connectivity index (χ4n) is 2.35. The quantitative estimate of drug-likeness (QED) is 0.344. The fourth-order valence-corrected chi connectivity index (χ4v) is 2.35. The SMILES string of the molecule is C#CCOc1ccccc1C=NNC(=O)CC(=O)Nc1ccc(C)cc1C. The van der Waals surface area contributed by atoms with E-state index in [0.717, 1.165) is 11.1 Å². The first-order valence-corrected chi connectivity index (χ1v) is 8.34. The van der Waals surface area contributed by atoms with Crippen molar-refractivity contribution >= 4 is 23.7 Å². The summed E-state index contributed by atoms with van der Waals surface area (Å²) in [5, 5.41) is 6.58. The van der Waals surface area contributed by atoms with Gasteiger partial charge in [0.2, 0.25) is 11.8 Å². The molecule has 2 aromatic rings. The standard InChI is InChI=1S/C21H21N3O3/c1-4-11-27-19-8-6-5-7-17(19)14-22-24-21(26)13-20(25)23-18-10-9-15(2)12-16(18)3/h1,5-10,12,14H,11,13H2,2-3H3,(H,23,25)(H,24,26). The first-order chi connectivity index (χ1) is 13.0. The van der Waals surface area contributed by atoms with Crippen molar-refractivity contribution in [3.05, 3.63) is 59.2 Å². The maximum Gasteiger partial charge on any atom is 0.249 e. The van der Waals surface area contributed by atoms with Crippen molar-refractivity contribution in [1.29, 1.82) is 0 Å². The van der Waals surface area contributed by atoms with E-state index in [2.05, 4.69) is 21.8 Å². The molecule has 0 aliphatic carbocycles. The van der Waals surface area contributed by atoms with Gasteiger partial charge in [0, 0.05) is 11.3 Å². The second kappa shape index (κ2) is 9.78. The van der Waals surface area contributed by atoms with E-state index in [1.54, 1.807) is 18.2 Å². The molecule has 2 amide bonds. The third kappa shape index (κ3) is 6.33. The van der Waals surface area contributed by atoms with Crippen LogP contribution < -0.4 is 15.5 Å². The number of carbonyl (C=O) groups is 2. The number of nitrogens with zero attached hydrogens (tertiary/aromatic N) is 1. The molecule has 0 radical (unpaired) electrons. The Morgan fingerprint density at radius 3 is 2.70 bits per heavy atom. The number of terminal acetylenes is 1. The summed E-state index contributed by atoms with van der Waals surface area (Å²) in [6.07, 6.45) is 6.28. The second-order valence-corrected chi connectivity index (χ2v) is 5.87. The van der Waals surface area contributed by atoms with Crippen molar-refractivity contribution < 1.29 is 14.3 Å². The van der Waals surface area contributed by atoms with Gasteiger partial charge in [0.05, 0.1) is 6.21 Å². The molecule has 0 aliphatic heterocycles. The van der Waals surface area contributed by atoms with E-state index in [-0.39, 0.29) is 13.0 Å². The van der Waals surface area contributed by atoms with Crippen LogP contribution in [0.5, 0.6) is 5.75 Å². The molecule has 0 spiro atoms. The largest absolute Gasteiger partial charge is 0.480 e. The van der Waals surface area contributed by atoms with Gasteiger partial charge in [0.15, 0.2) is 0 Å². The predicted molar refractivity (Wildman–Crippen MR) is 106 cm³/mol. The molecule has 6 nitrogen and oxygen atoms in total. The van der Waals surface area contributed by atoms with Gasteiger partial charge >= 0.3 is 0 Å². The lowest BCUT2D eigenvalue weighted by Gasteiger charge is -2.08. The summed E-state index contributed by atoms with van der Waals surface area (Å²) in [5.41, 5.74) is 5.71. The highest BCUT2D eigenvalue weighted by Gasteiger charge is 2.10. The van der Waals surface area contributed by atoms with Gasteiger partial charge < -0.3 is 10.1 Å². The van der Waals surface area contributed by atoms with Crippen LogP contribution in [0.1, 0.15) is 23.1 Å². The highest BCUT2D eigenvalue weighted by molar-refractivity contribution is 6.04. The topological polar surface area (TPSA) is 79.8 Å². The summed E-state index contributed by atoms with van der Waals surface area (Å²) >= 11 is 0. The molecule has 0 bridgehead atoms. The molecule has 0 atom stereocenters. The number of benzene rings is 2. The van der Waals surface area contributed by atoms with Gasteiger partial charge in [-0.3, -0.25) is 9.59 Å². The molecule has 0 heterocycles. The van der Waals surface area contributed by atoms with Crippen molar-refractivity contribution in [3.8, 4) is 18.1 Å². The number of amides is 2. The van der Waals surface area contributed by atoms with Crippen molar-refractivity contribution in [3.63, 3.8) is 0 Å². The molecule has 27 heavy (non-hydrogen) atoms. The highest BCUT2D eigenvalue weighted by Crippen LogP contribution is 2.16. The average molecular weight is 363 g/mol. The van der Waals surface area contributed by atoms with Crippen LogP contribution in [-0.4, -0.2) is 24.6 Å². The molecule has 0 unspecified atom stereocenters. The van der Waals surface area contributed by atoms with E-state index >= 15 is 0 Å². The Labute approximate surface area is 158 Å². The summed E-state index contributed by atoms with van der Waals surface area (Å²) in [4.78, 5) is 23.9. The Kier molecular flexibility index (Phi) is 7.15. The maximum atomic E-state index is 12.0. The Balaban J connectivity index is 1.88. The minimum Gasteiger partial charge on any atom is -0.480 e. The number of para-hydroxylation sites is 1. The average Bonchev–Trinajstić information content (AvgIpc) is 2.63. The smallest absolute Gasteiger partial charge is 0.249 e. The third-order valence-electron chi connectivity index (χ3n) is 3.60. The highest BCUT2D eigenvalue weighted by atomic mass is 16.5. The maximum absolute atomic E-state index is 12.0. The van der Waals surface area contributed by atoms with E-state index < -0.39 is 11.8 Å². The number of hydrogen-bond acceptors (Lipinski definition) is 4. The van der Waals surface area contributed by atoms with E-state index in [9.17, 15) is 9.59 Å². The van der Waals surface area contributed by atoms with E-state index in [1.807, 2.05) is 38.1 Å². The number of rotatable bonds is 7. The van der Waals surface area contributed by atoms with Crippen LogP contribution in [-0.2, 0) is 9.59 Å². The summed E-state index contributed by atoms with van der Waals surface area (Å²) < 4.78 is 5.39. The van der Waals surface area contributed by atoms with Crippen molar-refractivity contribution in [2.24, 2.45) is 5.10 Å². The lowest BCUT2D eigenvalue weighted by atomic mass is 10.1. The van der Waals surface area contributed by atoms with Crippen LogP contribution >= 0.6 is 0 Å². The minimum absolute atomic E-state index is 0.135. The van der Waals surface area contributed by atoms with Gasteiger partial charge in [0.25, 0.3) is 0 Å². The molecule has 0 saturated heterocycles. The molecule has 0 fully saturated rings. The molecule has 2 N–H and O–H groups in total. The van der Waals surface area contributed by atoms with Crippen LogP contribution in [0, 0.1) is 26.2 Å². The first kappa shape index (κ1) is 19.7. The van der Waals surface area contributed by atoms with Gasteiger partial charge in [-0.15, -0.1) is 6.42 Å². The first-order valence-electron chi connectivity index (χ1n) is 8.34. The summed E-state index contributed by atoms with van der Waals surface area (Å²) in [6, 6.07) is 12.8. The van der Waals surface area contributed by atoms with Crippen LogP contribution in [0.4, 0.5) is 5.69 Å². The number of carbonyl (C=O) groups excluding carboxylic acids is 2. The number of hydrazone groups is 1. The Morgan fingerprint density at radius 1 is 1.19 bits per heavy atom. The van der Waals surface area contributed by atoms with Gasteiger partial charge in [-0.2, -0.15) is 5.10 Å². The molecular formula is C21H21N3O3. The Hall–Kier alpha value is -3.59.